The molecule has 112 valence electrons. The summed E-state index contributed by atoms with van der Waals surface area (Å²) in [6, 6.07) is 10.8. The Kier molecular flexibility index (Phi) is 4.51. The standard InChI is InChI=1S/C18H15FO3/c1-11(2)18(21)22-15-7-4-13(5-8-15)16-9-6-14(12(3)20)10-17(16)19/h4-10H,1H2,2-3H3. The molecular weight excluding hydrogens is 283 g/mol. The monoisotopic (exact) mass is 298 g/mol. The smallest absolute Gasteiger partial charge is 0.338 e. The van der Waals surface area contributed by atoms with Gasteiger partial charge in [-0.15, -0.1) is 0 Å². The largest absolute Gasteiger partial charge is 0.423 e. The van der Waals surface area contributed by atoms with Gasteiger partial charge in [0, 0.05) is 16.7 Å². The van der Waals surface area contributed by atoms with Gasteiger partial charge < -0.3 is 4.74 Å². The quantitative estimate of drug-likeness (QED) is 0.368. The first-order valence-electron chi connectivity index (χ1n) is 6.67. The van der Waals surface area contributed by atoms with Gasteiger partial charge in [0.05, 0.1) is 0 Å². The van der Waals surface area contributed by atoms with Gasteiger partial charge in [-0.25, -0.2) is 9.18 Å². The molecule has 0 aliphatic rings. The van der Waals surface area contributed by atoms with Crippen LogP contribution in [0.1, 0.15) is 24.2 Å². The summed E-state index contributed by atoms with van der Waals surface area (Å²) in [5, 5.41) is 0. The highest BCUT2D eigenvalue weighted by molar-refractivity contribution is 5.94. The second kappa shape index (κ2) is 6.35. The minimum atomic E-state index is -0.509. The zero-order valence-electron chi connectivity index (χ0n) is 12.4. The zero-order valence-corrected chi connectivity index (χ0v) is 12.4. The number of hydrogen-bond acceptors (Lipinski definition) is 3. The highest BCUT2D eigenvalue weighted by Gasteiger charge is 2.10. The lowest BCUT2D eigenvalue weighted by atomic mass is 10.0. The Balaban J connectivity index is 2.25. The summed E-state index contributed by atoms with van der Waals surface area (Å²) in [5.41, 5.74) is 1.63. The van der Waals surface area contributed by atoms with Gasteiger partial charge in [0.15, 0.2) is 5.78 Å². The van der Waals surface area contributed by atoms with Gasteiger partial charge in [0.25, 0.3) is 0 Å². The van der Waals surface area contributed by atoms with Gasteiger partial charge in [0.2, 0.25) is 0 Å². The Morgan fingerprint density at radius 1 is 1.05 bits per heavy atom. The molecule has 0 radical (unpaired) electrons. The van der Waals surface area contributed by atoms with E-state index in [1.807, 2.05) is 0 Å². The minimum absolute atomic E-state index is 0.187. The van der Waals surface area contributed by atoms with Gasteiger partial charge in [-0.3, -0.25) is 4.79 Å². The lowest BCUT2D eigenvalue weighted by Crippen LogP contribution is -2.07. The summed E-state index contributed by atoms with van der Waals surface area (Å²) in [4.78, 5) is 22.6. The van der Waals surface area contributed by atoms with Crippen LogP contribution in [0.25, 0.3) is 11.1 Å². The van der Waals surface area contributed by atoms with E-state index in [1.54, 1.807) is 43.3 Å². The van der Waals surface area contributed by atoms with Crippen LogP contribution in [0.3, 0.4) is 0 Å². The molecule has 4 heteroatoms. The van der Waals surface area contributed by atoms with Crippen LogP contribution >= 0.6 is 0 Å². The van der Waals surface area contributed by atoms with Crippen molar-refractivity contribution in [2.24, 2.45) is 0 Å². The molecule has 0 saturated carbocycles. The molecule has 22 heavy (non-hydrogen) atoms. The second-order valence-electron chi connectivity index (χ2n) is 4.95. The molecule has 2 aromatic carbocycles. The highest BCUT2D eigenvalue weighted by atomic mass is 19.1. The molecule has 0 heterocycles. The third kappa shape index (κ3) is 3.47. The maximum Gasteiger partial charge on any atom is 0.338 e. The number of Topliss-reactive ketones (excluding diaryl/α,β-unsaturated/α-hetero) is 1. The summed E-state index contributed by atoms with van der Waals surface area (Å²) >= 11 is 0. The van der Waals surface area contributed by atoms with Crippen LogP contribution in [0, 0.1) is 5.82 Å². The molecule has 3 nitrogen and oxygen atoms in total. The Morgan fingerprint density at radius 2 is 1.68 bits per heavy atom. The van der Waals surface area contributed by atoms with Crippen molar-refractivity contribution in [3.05, 3.63) is 66.0 Å². The average Bonchev–Trinajstić information content (AvgIpc) is 2.48. The highest BCUT2D eigenvalue weighted by Crippen LogP contribution is 2.26. The number of benzene rings is 2. The number of ketones is 1. The molecule has 2 rings (SSSR count). The van der Waals surface area contributed by atoms with Crippen LogP contribution in [-0.4, -0.2) is 11.8 Å². The van der Waals surface area contributed by atoms with E-state index in [0.717, 1.165) is 0 Å². The molecule has 0 fully saturated rings. The summed E-state index contributed by atoms with van der Waals surface area (Å²) in [6.45, 7) is 6.44. The van der Waals surface area contributed by atoms with Crippen molar-refractivity contribution < 1.29 is 18.7 Å². The van der Waals surface area contributed by atoms with Gasteiger partial charge in [-0.2, -0.15) is 0 Å². The average molecular weight is 298 g/mol. The molecule has 0 aliphatic heterocycles. The third-order valence-corrected chi connectivity index (χ3v) is 3.10. The number of esters is 1. The molecule has 0 spiro atoms. The maximum atomic E-state index is 14.1. The molecule has 0 amide bonds. The molecule has 0 unspecified atom stereocenters. The van der Waals surface area contributed by atoms with Crippen molar-refractivity contribution in [3.63, 3.8) is 0 Å². The lowest BCUT2D eigenvalue weighted by molar-refractivity contribution is -0.130. The van der Waals surface area contributed by atoms with Crippen molar-refractivity contribution in [1.29, 1.82) is 0 Å². The fraction of sp³-hybridized carbons (Fsp3) is 0.111. The molecule has 2 aromatic rings. The van der Waals surface area contributed by atoms with Crippen molar-refractivity contribution in [2.75, 3.05) is 0 Å². The Labute approximate surface area is 128 Å². The zero-order chi connectivity index (χ0) is 16.3. The van der Waals surface area contributed by atoms with Gasteiger partial charge in [-0.1, -0.05) is 30.8 Å². The predicted octanol–water partition coefficient (Wildman–Crippen LogP) is 4.18. The first-order valence-corrected chi connectivity index (χ1v) is 6.67. The fourth-order valence-electron chi connectivity index (χ4n) is 1.86. The van der Waals surface area contributed by atoms with Gasteiger partial charge in [0.1, 0.15) is 11.6 Å². The third-order valence-electron chi connectivity index (χ3n) is 3.10. The van der Waals surface area contributed by atoms with Crippen LogP contribution in [0.4, 0.5) is 4.39 Å². The molecule has 0 N–H and O–H groups in total. The first kappa shape index (κ1) is 15.6. The van der Waals surface area contributed by atoms with Crippen LogP contribution in [0.5, 0.6) is 5.75 Å². The molecule has 0 saturated heterocycles. The number of rotatable bonds is 4. The van der Waals surface area contributed by atoms with Crippen LogP contribution in [0.15, 0.2) is 54.6 Å². The number of carbonyl (C=O) groups is 2. The maximum absolute atomic E-state index is 14.1. The van der Waals surface area contributed by atoms with Gasteiger partial charge in [-0.05, 0) is 37.6 Å². The second-order valence-corrected chi connectivity index (χ2v) is 4.95. The van der Waals surface area contributed by atoms with E-state index in [1.165, 1.54) is 13.0 Å². The molecule has 0 bridgehead atoms. The summed E-state index contributed by atoms with van der Waals surface area (Å²) in [7, 11) is 0. The van der Waals surface area contributed by atoms with Crippen molar-refractivity contribution in [2.45, 2.75) is 13.8 Å². The van der Waals surface area contributed by atoms with E-state index in [9.17, 15) is 14.0 Å². The van der Waals surface area contributed by atoms with E-state index in [0.29, 0.717) is 28.0 Å². The number of carbonyl (C=O) groups excluding carboxylic acids is 2. The fourth-order valence-corrected chi connectivity index (χ4v) is 1.86. The van der Waals surface area contributed by atoms with Crippen LogP contribution < -0.4 is 4.74 Å². The Bertz CT molecular complexity index is 745. The molecule has 0 aromatic heterocycles. The first-order chi connectivity index (χ1) is 10.4. The Morgan fingerprint density at radius 3 is 2.18 bits per heavy atom. The summed E-state index contributed by atoms with van der Waals surface area (Å²) in [6.07, 6.45) is 0. The topological polar surface area (TPSA) is 43.4 Å². The number of halogens is 1. The minimum Gasteiger partial charge on any atom is -0.423 e. The summed E-state index contributed by atoms with van der Waals surface area (Å²) < 4.78 is 19.1. The van der Waals surface area contributed by atoms with Crippen molar-refractivity contribution >= 4 is 11.8 Å². The molecule has 0 aliphatic carbocycles. The summed E-state index contributed by atoms with van der Waals surface area (Å²) in [5.74, 6) is -0.811. The van der Waals surface area contributed by atoms with Crippen LogP contribution in [0.2, 0.25) is 0 Å². The van der Waals surface area contributed by atoms with Crippen molar-refractivity contribution in [1.82, 2.24) is 0 Å². The van der Waals surface area contributed by atoms with E-state index >= 15 is 0 Å². The van der Waals surface area contributed by atoms with E-state index in [-0.39, 0.29) is 5.78 Å². The lowest BCUT2D eigenvalue weighted by Gasteiger charge is -2.07. The van der Waals surface area contributed by atoms with Gasteiger partial charge >= 0.3 is 5.97 Å². The molecule has 0 atom stereocenters. The van der Waals surface area contributed by atoms with Crippen molar-refractivity contribution in [3.8, 4) is 16.9 Å². The molecular formula is C18H15FO3. The van der Waals surface area contributed by atoms with E-state index in [4.69, 9.17) is 4.74 Å². The number of ether oxygens (including phenoxy) is 1. The van der Waals surface area contributed by atoms with E-state index < -0.39 is 11.8 Å². The SMILES string of the molecule is C=C(C)C(=O)Oc1ccc(-c2ccc(C(C)=O)cc2F)cc1. The van der Waals surface area contributed by atoms with E-state index in [2.05, 4.69) is 6.58 Å². The number of hydrogen-bond donors (Lipinski definition) is 0. The Hall–Kier alpha value is -2.75. The normalized spacial score (nSPS) is 10.1. The van der Waals surface area contributed by atoms with Crippen LogP contribution in [-0.2, 0) is 4.79 Å². The predicted molar refractivity (Wildman–Crippen MR) is 82.3 cm³/mol.